The van der Waals surface area contributed by atoms with Crippen LogP contribution in [0, 0.1) is 5.82 Å². The number of nitrogens with zero attached hydrogens (tertiary/aromatic N) is 4. The molecule has 3 heterocycles. The Hall–Kier alpha value is -4.06. The minimum Gasteiger partial charge on any atom is -0.367 e. The molecule has 1 amide bonds. The van der Waals surface area contributed by atoms with Crippen molar-refractivity contribution in [1.82, 2.24) is 19.1 Å². The van der Waals surface area contributed by atoms with Gasteiger partial charge in [0.1, 0.15) is 11.4 Å². The number of benzene rings is 3. The smallest absolute Gasteiger partial charge is 0.256 e. The summed E-state index contributed by atoms with van der Waals surface area (Å²) in [5, 5.41) is 3.08. The lowest BCUT2D eigenvalue weighted by Crippen LogP contribution is -2.47. The normalized spacial score (nSPS) is 16.1. The molecule has 1 fully saturated rings. The summed E-state index contributed by atoms with van der Waals surface area (Å²) in [5.41, 5.74) is 2.83. The van der Waals surface area contributed by atoms with Crippen LogP contribution in [0.4, 0.5) is 10.1 Å². The lowest BCUT2D eigenvalue weighted by Gasteiger charge is -2.36. The molecule has 4 aromatic rings. The van der Waals surface area contributed by atoms with E-state index >= 15 is 0 Å². The Morgan fingerprint density at radius 3 is 2.42 bits per heavy atom. The van der Waals surface area contributed by atoms with Crippen LogP contribution >= 0.6 is 0 Å². The van der Waals surface area contributed by atoms with Crippen molar-refractivity contribution >= 4 is 32.5 Å². The Balaban J connectivity index is 1.11. The van der Waals surface area contributed by atoms with Crippen molar-refractivity contribution < 1.29 is 17.6 Å². The summed E-state index contributed by atoms with van der Waals surface area (Å²) in [6.07, 6.45) is 2.87. The summed E-state index contributed by atoms with van der Waals surface area (Å²) in [4.78, 5) is 31.2. The summed E-state index contributed by atoms with van der Waals surface area (Å²) in [7, 11) is -3.86. The van der Waals surface area contributed by atoms with Crippen molar-refractivity contribution in [3.63, 3.8) is 0 Å². The Morgan fingerprint density at radius 1 is 0.933 bits per heavy atom. The first-order valence-corrected chi connectivity index (χ1v) is 16.9. The number of pyridine rings is 1. The number of halogens is 1. The molecule has 1 N–H and O–H groups in total. The second-order valence-corrected chi connectivity index (χ2v) is 13.5. The molecular formula is C34H38FN5O4S. The lowest BCUT2D eigenvalue weighted by molar-refractivity contribution is 0.0950. The number of aromatic nitrogens is 1. The highest BCUT2D eigenvalue weighted by Gasteiger charge is 2.29. The third kappa shape index (κ3) is 6.38. The highest BCUT2D eigenvalue weighted by Crippen LogP contribution is 2.27. The average molecular weight is 632 g/mol. The molecule has 9 nitrogen and oxygen atoms in total. The van der Waals surface area contributed by atoms with Gasteiger partial charge in [-0.05, 0) is 67.8 Å². The molecule has 236 valence electrons. The van der Waals surface area contributed by atoms with Gasteiger partial charge in [-0.2, -0.15) is 4.31 Å². The Labute approximate surface area is 262 Å². The van der Waals surface area contributed by atoms with Crippen LogP contribution in [0.1, 0.15) is 34.8 Å². The zero-order chi connectivity index (χ0) is 31.6. The van der Waals surface area contributed by atoms with E-state index in [1.165, 1.54) is 16.4 Å². The van der Waals surface area contributed by atoms with Crippen LogP contribution in [-0.2, 0) is 29.5 Å². The Bertz CT molecular complexity index is 1890. The number of aryl methyl sites for hydroxylation is 1. The molecule has 0 radical (unpaired) electrons. The largest absolute Gasteiger partial charge is 0.367 e. The van der Waals surface area contributed by atoms with Crippen molar-refractivity contribution in [3.8, 4) is 0 Å². The highest BCUT2D eigenvalue weighted by molar-refractivity contribution is 7.89. The van der Waals surface area contributed by atoms with Crippen LogP contribution in [0.3, 0.4) is 0 Å². The zero-order valence-electron chi connectivity index (χ0n) is 25.4. The van der Waals surface area contributed by atoms with Gasteiger partial charge in [-0.15, -0.1) is 0 Å². The molecule has 0 aliphatic carbocycles. The molecular weight excluding hydrogens is 593 g/mol. The molecule has 1 saturated heterocycles. The van der Waals surface area contributed by atoms with Crippen LogP contribution < -0.4 is 15.6 Å². The van der Waals surface area contributed by atoms with Crippen LogP contribution in [0.15, 0.2) is 82.6 Å². The molecule has 2 aliphatic heterocycles. The van der Waals surface area contributed by atoms with Crippen molar-refractivity contribution in [1.29, 1.82) is 0 Å². The SMILES string of the molecule is CCn1cc(C(=O)NCCCN2CCN(c3ccccc3F)CC2)c(=O)c2cc(S(=O)(=O)N3CCc4ccccc4C3)ccc21. The fourth-order valence-corrected chi connectivity index (χ4v) is 7.75. The summed E-state index contributed by atoms with van der Waals surface area (Å²) >= 11 is 0. The van der Waals surface area contributed by atoms with Crippen LogP contribution in [0.2, 0.25) is 0 Å². The molecule has 0 unspecified atom stereocenters. The number of carbonyl (C=O) groups is 1. The van der Waals surface area contributed by atoms with E-state index in [9.17, 15) is 22.4 Å². The topological polar surface area (TPSA) is 95.0 Å². The van der Waals surface area contributed by atoms with E-state index in [4.69, 9.17) is 0 Å². The third-order valence-corrected chi connectivity index (χ3v) is 10.7. The number of carbonyl (C=O) groups excluding carboxylic acids is 1. The molecule has 1 aromatic heterocycles. The van der Waals surface area contributed by atoms with E-state index in [0.717, 1.165) is 43.9 Å². The number of nitrogens with one attached hydrogen (secondary N) is 1. The van der Waals surface area contributed by atoms with Gasteiger partial charge in [-0.25, -0.2) is 12.8 Å². The van der Waals surface area contributed by atoms with E-state index in [-0.39, 0.29) is 28.2 Å². The van der Waals surface area contributed by atoms with Crippen molar-refractivity contribution in [2.24, 2.45) is 0 Å². The van der Waals surface area contributed by atoms with Gasteiger partial charge in [-0.3, -0.25) is 14.5 Å². The summed E-state index contributed by atoms with van der Waals surface area (Å²) in [6.45, 7) is 7.25. The van der Waals surface area contributed by atoms with Gasteiger partial charge in [0.05, 0.1) is 16.1 Å². The van der Waals surface area contributed by atoms with Crippen molar-refractivity contribution in [3.05, 3.63) is 106 Å². The molecule has 6 rings (SSSR count). The van der Waals surface area contributed by atoms with Crippen molar-refractivity contribution in [2.75, 3.05) is 50.7 Å². The second-order valence-electron chi connectivity index (χ2n) is 11.6. The molecule has 0 spiro atoms. The molecule has 3 aromatic carbocycles. The van der Waals surface area contributed by atoms with Gasteiger partial charge in [0.2, 0.25) is 15.5 Å². The van der Waals surface area contributed by atoms with E-state index < -0.39 is 21.4 Å². The number of sulfonamides is 1. The number of rotatable bonds is 9. The number of hydrogen-bond acceptors (Lipinski definition) is 6. The van der Waals surface area contributed by atoms with E-state index in [1.807, 2.05) is 42.2 Å². The second kappa shape index (κ2) is 13.1. The maximum atomic E-state index is 14.1. The van der Waals surface area contributed by atoms with E-state index in [0.29, 0.717) is 43.7 Å². The predicted octanol–water partition coefficient (Wildman–Crippen LogP) is 3.85. The summed E-state index contributed by atoms with van der Waals surface area (Å²) < 4.78 is 44.7. The van der Waals surface area contributed by atoms with E-state index in [1.54, 1.807) is 35.0 Å². The zero-order valence-corrected chi connectivity index (χ0v) is 26.2. The first-order chi connectivity index (χ1) is 21.8. The fourth-order valence-electron chi connectivity index (χ4n) is 6.30. The van der Waals surface area contributed by atoms with Crippen molar-refractivity contribution in [2.45, 2.75) is 37.8 Å². The molecule has 0 atom stereocenters. The lowest BCUT2D eigenvalue weighted by atomic mass is 10.0. The highest BCUT2D eigenvalue weighted by atomic mass is 32.2. The molecule has 0 bridgehead atoms. The van der Waals surface area contributed by atoms with Crippen LogP contribution in [0.5, 0.6) is 0 Å². The Kier molecular flexibility index (Phi) is 9.02. The van der Waals surface area contributed by atoms with Gasteiger partial charge < -0.3 is 14.8 Å². The van der Waals surface area contributed by atoms with Gasteiger partial charge >= 0.3 is 0 Å². The first-order valence-electron chi connectivity index (χ1n) is 15.5. The summed E-state index contributed by atoms with van der Waals surface area (Å²) in [5.74, 6) is -0.690. The average Bonchev–Trinajstić information content (AvgIpc) is 3.07. The maximum absolute atomic E-state index is 14.1. The Morgan fingerprint density at radius 2 is 1.67 bits per heavy atom. The van der Waals surface area contributed by atoms with Gasteiger partial charge in [0.15, 0.2) is 0 Å². The standard InChI is InChI=1S/C34H38FN5O4S/c1-2-38-24-29(34(42)36-15-7-16-37-18-20-39(21-19-37)32-11-6-5-10-30(32)35)33(41)28-22-27(12-13-31(28)38)45(43,44)40-17-14-25-8-3-4-9-26(25)23-40/h3-6,8-13,22,24H,2,7,14-21,23H2,1H3,(H,36,42). The van der Waals surface area contributed by atoms with Gasteiger partial charge in [0.25, 0.3) is 5.91 Å². The maximum Gasteiger partial charge on any atom is 0.256 e. The molecule has 11 heteroatoms. The fraction of sp³-hybridized carbons (Fsp3) is 0.353. The van der Waals surface area contributed by atoms with Gasteiger partial charge in [-0.1, -0.05) is 36.4 Å². The predicted molar refractivity (Wildman–Crippen MR) is 174 cm³/mol. The van der Waals surface area contributed by atoms with Crippen LogP contribution in [0.25, 0.3) is 10.9 Å². The summed E-state index contributed by atoms with van der Waals surface area (Å²) in [6, 6.07) is 19.2. The number of piperazine rings is 1. The minimum absolute atomic E-state index is 0.00991. The number of amides is 1. The molecule has 2 aliphatic rings. The molecule has 45 heavy (non-hydrogen) atoms. The third-order valence-electron chi connectivity index (χ3n) is 8.87. The quantitative estimate of drug-likeness (QED) is 0.282. The van der Waals surface area contributed by atoms with Gasteiger partial charge in [0, 0.05) is 63.9 Å². The molecule has 0 saturated carbocycles. The monoisotopic (exact) mass is 631 g/mol. The number of hydrogen-bond donors (Lipinski definition) is 1. The number of para-hydroxylation sites is 1. The van der Waals surface area contributed by atoms with Crippen LogP contribution in [-0.4, -0.2) is 73.9 Å². The first kappa shape index (κ1) is 30.9. The number of anilines is 1. The minimum atomic E-state index is -3.86. The number of fused-ring (bicyclic) bond motifs is 2. The van der Waals surface area contributed by atoms with E-state index in [2.05, 4.69) is 10.2 Å².